The molecule has 6 heteroatoms. The van der Waals surface area contributed by atoms with Gasteiger partial charge in [-0.25, -0.2) is 4.98 Å². The van der Waals surface area contributed by atoms with Gasteiger partial charge in [0, 0.05) is 36.9 Å². The Morgan fingerprint density at radius 2 is 1.92 bits per heavy atom. The number of anilines is 2. The molecule has 0 saturated carbocycles. The molecule has 0 amide bonds. The number of rotatable bonds is 4. The van der Waals surface area contributed by atoms with Crippen molar-refractivity contribution in [2.45, 2.75) is 6.92 Å². The fourth-order valence-electron chi connectivity index (χ4n) is 2.92. The van der Waals surface area contributed by atoms with E-state index in [2.05, 4.69) is 48.7 Å². The van der Waals surface area contributed by atoms with E-state index in [1.165, 1.54) is 0 Å². The average Bonchev–Trinajstić information content (AvgIpc) is 3.05. The number of hydrogen-bond donors (Lipinski definition) is 2. The molecular weight excluding hydrogens is 324 g/mol. The van der Waals surface area contributed by atoms with Gasteiger partial charge in [0.25, 0.3) is 0 Å². The van der Waals surface area contributed by atoms with Crippen molar-refractivity contribution < 1.29 is 0 Å². The van der Waals surface area contributed by atoms with Crippen molar-refractivity contribution in [3.63, 3.8) is 0 Å². The molecule has 128 valence electrons. The van der Waals surface area contributed by atoms with Crippen molar-refractivity contribution >= 4 is 28.6 Å². The molecule has 0 atom stereocenters. The SMILES string of the molecule is CN=Cc1ccc(-c2cncc(Nc3nccc4n[nH]c(C)c34)c2)cc1. The summed E-state index contributed by atoms with van der Waals surface area (Å²) in [5.74, 6) is 0.766. The van der Waals surface area contributed by atoms with Crippen LogP contribution < -0.4 is 5.32 Å². The van der Waals surface area contributed by atoms with Gasteiger partial charge >= 0.3 is 0 Å². The number of aryl methyl sites for hydroxylation is 1. The van der Waals surface area contributed by atoms with E-state index >= 15 is 0 Å². The van der Waals surface area contributed by atoms with Gasteiger partial charge in [0.2, 0.25) is 0 Å². The minimum atomic E-state index is 0.766. The Labute approximate surface area is 151 Å². The summed E-state index contributed by atoms with van der Waals surface area (Å²) < 4.78 is 0. The van der Waals surface area contributed by atoms with Crippen molar-refractivity contribution in [2.24, 2.45) is 4.99 Å². The molecule has 0 radical (unpaired) electrons. The summed E-state index contributed by atoms with van der Waals surface area (Å²) in [4.78, 5) is 12.9. The highest BCUT2D eigenvalue weighted by molar-refractivity contribution is 5.93. The van der Waals surface area contributed by atoms with Crippen molar-refractivity contribution in [2.75, 3.05) is 12.4 Å². The third-order valence-corrected chi connectivity index (χ3v) is 4.17. The van der Waals surface area contributed by atoms with Crippen molar-refractivity contribution in [3.8, 4) is 11.1 Å². The second-order valence-electron chi connectivity index (χ2n) is 6.00. The lowest BCUT2D eigenvalue weighted by Crippen LogP contribution is -1.96. The maximum atomic E-state index is 4.46. The highest BCUT2D eigenvalue weighted by Crippen LogP contribution is 2.27. The van der Waals surface area contributed by atoms with Crippen LogP contribution in [-0.2, 0) is 0 Å². The second-order valence-corrected chi connectivity index (χ2v) is 6.00. The van der Waals surface area contributed by atoms with E-state index < -0.39 is 0 Å². The Morgan fingerprint density at radius 1 is 1.08 bits per heavy atom. The summed E-state index contributed by atoms with van der Waals surface area (Å²) in [5, 5.41) is 11.6. The maximum Gasteiger partial charge on any atom is 0.141 e. The summed E-state index contributed by atoms with van der Waals surface area (Å²) in [6.07, 6.45) is 7.22. The van der Waals surface area contributed by atoms with E-state index in [9.17, 15) is 0 Å². The zero-order chi connectivity index (χ0) is 17.9. The predicted octanol–water partition coefficient (Wildman–Crippen LogP) is 4.12. The molecule has 2 N–H and O–H groups in total. The standard InChI is InChI=1S/C20H18N6/c1-13-19-18(26-25-13)7-8-23-20(19)24-17-9-16(11-22-12-17)15-5-3-14(4-6-15)10-21-2/h3-12H,1-2H3,(H,23,24)(H,25,26). The molecule has 0 aliphatic carbocycles. The number of pyridine rings is 2. The molecule has 4 rings (SSSR count). The van der Waals surface area contributed by atoms with Crippen LogP contribution in [0.15, 0.2) is 60.0 Å². The molecule has 26 heavy (non-hydrogen) atoms. The van der Waals surface area contributed by atoms with Gasteiger partial charge in [0.1, 0.15) is 5.82 Å². The van der Waals surface area contributed by atoms with Gasteiger partial charge in [-0.2, -0.15) is 5.10 Å². The zero-order valence-corrected chi connectivity index (χ0v) is 14.6. The van der Waals surface area contributed by atoms with Gasteiger partial charge in [-0.15, -0.1) is 0 Å². The van der Waals surface area contributed by atoms with Gasteiger partial charge in [-0.05, 0) is 30.2 Å². The normalized spacial score (nSPS) is 11.3. The number of hydrogen-bond acceptors (Lipinski definition) is 5. The third kappa shape index (κ3) is 3.04. The van der Waals surface area contributed by atoms with Gasteiger partial charge in [-0.3, -0.25) is 15.1 Å². The van der Waals surface area contributed by atoms with Gasteiger partial charge in [-0.1, -0.05) is 24.3 Å². The van der Waals surface area contributed by atoms with Gasteiger partial charge in [0.05, 0.1) is 22.8 Å². The Hall–Kier alpha value is -3.54. The van der Waals surface area contributed by atoms with E-state index in [1.807, 2.05) is 37.5 Å². The molecule has 6 nitrogen and oxygen atoms in total. The van der Waals surface area contributed by atoms with Crippen LogP contribution in [0.2, 0.25) is 0 Å². The van der Waals surface area contributed by atoms with E-state index in [0.717, 1.165) is 44.8 Å². The molecule has 1 aromatic carbocycles. The zero-order valence-electron chi connectivity index (χ0n) is 14.6. The summed E-state index contributed by atoms with van der Waals surface area (Å²) in [7, 11) is 1.77. The number of nitrogens with one attached hydrogen (secondary N) is 2. The van der Waals surface area contributed by atoms with Crippen LogP contribution in [0.3, 0.4) is 0 Å². The average molecular weight is 342 g/mol. The molecule has 0 spiro atoms. The van der Waals surface area contributed by atoms with Gasteiger partial charge in [0.15, 0.2) is 0 Å². The lowest BCUT2D eigenvalue weighted by atomic mass is 10.1. The quantitative estimate of drug-likeness (QED) is 0.547. The fraction of sp³-hybridized carbons (Fsp3) is 0.100. The molecule has 0 aliphatic heterocycles. The second kappa shape index (κ2) is 6.76. The number of aromatic amines is 1. The first kappa shape index (κ1) is 16.0. The largest absolute Gasteiger partial charge is 0.338 e. The minimum absolute atomic E-state index is 0.766. The molecule has 3 aromatic heterocycles. The number of fused-ring (bicyclic) bond motifs is 1. The molecule has 0 saturated heterocycles. The van der Waals surface area contributed by atoms with E-state index in [0.29, 0.717) is 0 Å². The van der Waals surface area contributed by atoms with Crippen LogP contribution in [0.1, 0.15) is 11.3 Å². The van der Waals surface area contributed by atoms with Gasteiger partial charge < -0.3 is 5.32 Å². The summed E-state index contributed by atoms with van der Waals surface area (Å²) >= 11 is 0. The lowest BCUT2D eigenvalue weighted by molar-refractivity contribution is 1.07. The summed E-state index contributed by atoms with van der Waals surface area (Å²) in [6.45, 7) is 1.98. The number of benzene rings is 1. The van der Waals surface area contributed by atoms with Crippen LogP contribution in [0.5, 0.6) is 0 Å². The molecule has 4 aromatic rings. The Bertz CT molecular complexity index is 1080. The van der Waals surface area contributed by atoms with E-state index in [4.69, 9.17) is 0 Å². The van der Waals surface area contributed by atoms with Crippen LogP contribution in [0.4, 0.5) is 11.5 Å². The van der Waals surface area contributed by atoms with Crippen LogP contribution in [0.25, 0.3) is 22.0 Å². The first-order chi connectivity index (χ1) is 12.7. The van der Waals surface area contributed by atoms with E-state index in [-0.39, 0.29) is 0 Å². The third-order valence-electron chi connectivity index (χ3n) is 4.17. The first-order valence-electron chi connectivity index (χ1n) is 8.29. The Balaban J connectivity index is 1.66. The molecule has 0 unspecified atom stereocenters. The minimum Gasteiger partial charge on any atom is -0.338 e. The van der Waals surface area contributed by atoms with E-state index in [1.54, 1.807) is 19.4 Å². The summed E-state index contributed by atoms with van der Waals surface area (Å²) in [6, 6.07) is 12.2. The first-order valence-corrected chi connectivity index (χ1v) is 8.29. The topological polar surface area (TPSA) is 78.8 Å². The molecular formula is C20H18N6. The van der Waals surface area contributed by atoms with Crippen molar-refractivity contribution in [1.82, 2.24) is 20.2 Å². The Kier molecular flexibility index (Phi) is 4.15. The smallest absolute Gasteiger partial charge is 0.141 e. The monoisotopic (exact) mass is 342 g/mol. The van der Waals surface area contributed by atoms with Crippen LogP contribution in [0, 0.1) is 6.92 Å². The number of aromatic nitrogens is 4. The highest BCUT2D eigenvalue weighted by atomic mass is 15.1. The Morgan fingerprint density at radius 3 is 2.73 bits per heavy atom. The van der Waals surface area contributed by atoms with Crippen molar-refractivity contribution in [3.05, 3.63) is 66.2 Å². The van der Waals surface area contributed by atoms with Crippen LogP contribution in [-0.4, -0.2) is 33.4 Å². The van der Waals surface area contributed by atoms with Crippen molar-refractivity contribution in [1.29, 1.82) is 0 Å². The summed E-state index contributed by atoms with van der Waals surface area (Å²) in [5.41, 5.74) is 5.95. The number of H-pyrrole nitrogens is 1. The molecule has 0 fully saturated rings. The molecule has 0 aliphatic rings. The highest BCUT2D eigenvalue weighted by Gasteiger charge is 2.09. The van der Waals surface area contributed by atoms with Crippen LogP contribution >= 0.6 is 0 Å². The maximum absolute atomic E-state index is 4.46. The number of nitrogens with zero attached hydrogens (tertiary/aromatic N) is 4. The molecule has 0 bridgehead atoms. The number of aliphatic imine (C=N–C) groups is 1. The fourth-order valence-corrected chi connectivity index (χ4v) is 2.92. The lowest BCUT2D eigenvalue weighted by Gasteiger charge is -2.09. The molecule has 3 heterocycles. The predicted molar refractivity (Wildman–Crippen MR) is 105 cm³/mol.